The number of benzene rings is 1. The molecule has 1 aromatic rings. The molecule has 24 heavy (non-hydrogen) atoms. The number of nitrogens with zero attached hydrogens (tertiary/aromatic N) is 1. The van der Waals surface area contributed by atoms with Crippen molar-refractivity contribution in [1.29, 1.82) is 0 Å². The predicted octanol–water partition coefficient (Wildman–Crippen LogP) is 1.63. The smallest absolute Gasteiger partial charge is 0.310 e. The molecule has 3 rings (SSSR count). The standard InChI is InChI=1S/C18H19NO5/c1-2-18(10-23-11-18)12-24-17(22)9-13-3-5-14(6-4-13)19-15(20)7-8-16(19)21/h3-8H,2,9-12H2,1H3. The van der Waals surface area contributed by atoms with Crippen LogP contribution in [0.5, 0.6) is 0 Å². The van der Waals surface area contributed by atoms with Gasteiger partial charge in [0.05, 0.1) is 30.7 Å². The topological polar surface area (TPSA) is 72.9 Å². The van der Waals surface area contributed by atoms with Crippen molar-refractivity contribution >= 4 is 23.5 Å². The first-order valence-electron chi connectivity index (χ1n) is 7.91. The fourth-order valence-corrected chi connectivity index (χ4v) is 2.65. The highest BCUT2D eigenvalue weighted by Crippen LogP contribution is 2.31. The number of anilines is 1. The average Bonchev–Trinajstić information content (AvgIpc) is 2.87. The van der Waals surface area contributed by atoms with Gasteiger partial charge in [-0.05, 0) is 24.1 Å². The summed E-state index contributed by atoms with van der Waals surface area (Å²) in [5.41, 5.74) is 1.23. The molecule has 0 radical (unpaired) electrons. The third-order valence-electron chi connectivity index (χ3n) is 4.46. The Labute approximate surface area is 140 Å². The van der Waals surface area contributed by atoms with Gasteiger partial charge in [0, 0.05) is 12.2 Å². The van der Waals surface area contributed by atoms with Crippen LogP contribution >= 0.6 is 0 Å². The molecule has 2 heterocycles. The molecule has 2 amide bonds. The summed E-state index contributed by atoms with van der Waals surface area (Å²) >= 11 is 0. The third kappa shape index (κ3) is 3.23. The summed E-state index contributed by atoms with van der Waals surface area (Å²) < 4.78 is 10.6. The van der Waals surface area contributed by atoms with E-state index in [0.717, 1.165) is 16.9 Å². The molecule has 1 saturated heterocycles. The van der Waals surface area contributed by atoms with Crippen molar-refractivity contribution < 1.29 is 23.9 Å². The average molecular weight is 329 g/mol. The van der Waals surface area contributed by atoms with E-state index in [4.69, 9.17) is 9.47 Å². The molecule has 0 atom stereocenters. The maximum absolute atomic E-state index is 12.0. The molecule has 0 N–H and O–H groups in total. The molecule has 0 aliphatic carbocycles. The predicted molar refractivity (Wildman–Crippen MR) is 86.3 cm³/mol. The second-order valence-electron chi connectivity index (χ2n) is 6.20. The van der Waals surface area contributed by atoms with Crippen molar-refractivity contribution in [1.82, 2.24) is 0 Å². The first-order chi connectivity index (χ1) is 11.5. The third-order valence-corrected chi connectivity index (χ3v) is 4.46. The molecule has 0 aromatic heterocycles. The highest BCUT2D eigenvalue weighted by Gasteiger charge is 2.38. The van der Waals surface area contributed by atoms with E-state index in [1.165, 1.54) is 12.2 Å². The van der Waals surface area contributed by atoms with Crippen LogP contribution in [0.3, 0.4) is 0 Å². The Balaban J connectivity index is 1.55. The number of imide groups is 1. The second-order valence-corrected chi connectivity index (χ2v) is 6.20. The first-order valence-corrected chi connectivity index (χ1v) is 7.91. The van der Waals surface area contributed by atoms with Gasteiger partial charge in [0.15, 0.2) is 0 Å². The number of carbonyl (C=O) groups excluding carboxylic acids is 3. The van der Waals surface area contributed by atoms with Gasteiger partial charge in [0.1, 0.15) is 6.61 Å². The maximum Gasteiger partial charge on any atom is 0.310 e. The molecule has 0 bridgehead atoms. The Kier molecular flexibility index (Phi) is 4.49. The molecule has 0 saturated carbocycles. The summed E-state index contributed by atoms with van der Waals surface area (Å²) in [6.07, 6.45) is 3.55. The van der Waals surface area contributed by atoms with Gasteiger partial charge in [-0.15, -0.1) is 0 Å². The molecule has 6 nitrogen and oxygen atoms in total. The summed E-state index contributed by atoms with van der Waals surface area (Å²) in [6, 6.07) is 6.74. The number of hydrogen-bond donors (Lipinski definition) is 0. The Bertz CT molecular complexity index is 664. The van der Waals surface area contributed by atoms with E-state index in [-0.39, 0.29) is 29.6 Å². The van der Waals surface area contributed by atoms with Crippen molar-refractivity contribution in [2.75, 3.05) is 24.7 Å². The van der Waals surface area contributed by atoms with Gasteiger partial charge >= 0.3 is 5.97 Å². The van der Waals surface area contributed by atoms with Crippen LogP contribution in [0.2, 0.25) is 0 Å². The summed E-state index contributed by atoms with van der Waals surface area (Å²) in [6.45, 7) is 3.71. The van der Waals surface area contributed by atoms with Gasteiger partial charge in [-0.25, -0.2) is 4.90 Å². The molecule has 0 unspecified atom stereocenters. The lowest BCUT2D eigenvalue weighted by Crippen LogP contribution is -2.46. The SMILES string of the molecule is CCC1(COC(=O)Cc2ccc(N3C(=O)C=CC3=O)cc2)COC1. The number of amides is 2. The molecule has 1 aromatic carbocycles. The Morgan fingerprint density at radius 2 is 1.79 bits per heavy atom. The van der Waals surface area contributed by atoms with Crippen LogP contribution in [-0.4, -0.2) is 37.6 Å². The van der Waals surface area contributed by atoms with Crippen LogP contribution in [0.1, 0.15) is 18.9 Å². The largest absolute Gasteiger partial charge is 0.465 e. The number of rotatable bonds is 6. The van der Waals surface area contributed by atoms with Crippen molar-refractivity contribution in [3.63, 3.8) is 0 Å². The van der Waals surface area contributed by atoms with Gasteiger partial charge < -0.3 is 9.47 Å². The number of ether oxygens (including phenoxy) is 2. The van der Waals surface area contributed by atoms with Gasteiger partial charge in [-0.2, -0.15) is 0 Å². The minimum absolute atomic E-state index is 0.0248. The van der Waals surface area contributed by atoms with E-state index in [2.05, 4.69) is 6.92 Å². The first kappa shape index (κ1) is 16.4. The monoisotopic (exact) mass is 329 g/mol. The van der Waals surface area contributed by atoms with Gasteiger partial charge in [0.2, 0.25) is 0 Å². The van der Waals surface area contributed by atoms with Gasteiger partial charge in [-0.3, -0.25) is 14.4 Å². The van der Waals surface area contributed by atoms with Crippen molar-refractivity contribution in [2.24, 2.45) is 5.41 Å². The zero-order chi connectivity index (χ0) is 17.2. The van der Waals surface area contributed by atoms with Crippen LogP contribution < -0.4 is 4.90 Å². The highest BCUT2D eigenvalue weighted by atomic mass is 16.5. The molecular formula is C18H19NO5. The van der Waals surface area contributed by atoms with E-state index < -0.39 is 0 Å². The molecule has 2 aliphatic heterocycles. The zero-order valence-corrected chi connectivity index (χ0v) is 13.5. The molecular weight excluding hydrogens is 310 g/mol. The lowest BCUT2D eigenvalue weighted by molar-refractivity contribution is -0.169. The van der Waals surface area contributed by atoms with Gasteiger partial charge in [-0.1, -0.05) is 19.1 Å². The normalized spacial score (nSPS) is 18.6. The van der Waals surface area contributed by atoms with Crippen LogP contribution in [-0.2, 0) is 30.3 Å². The fourth-order valence-electron chi connectivity index (χ4n) is 2.65. The molecule has 2 aliphatic rings. The van der Waals surface area contributed by atoms with Crippen LogP contribution in [0.25, 0.3) is 0 Å². The minimum atomic E-state index is -0.361. The van der Waals surface area contributed by atoms with E-state index in [1.807, 2.05) is 0 Å². The lowest BCUT2D eigenvalue weighted by Gasteiger charge is -2.39. The second kappa shape index (κ2) is 6.57. The lowest BCUT2D eigenvalue weighted by atomic mass is 9.84. The van der Waals surface area contributed by atoms with E-state index in [0.29, 0.717) is 25.5 Å². The van der Waals surface area contributed by atoms with Crippen molar-refractivity contribution in [3.05, 3.63) is 42.0 Å². The number of hydrogen-bond acceptors (Lipinski definition) is 5. The Hall–Kier alpha value is -2.47. The zero-order valence-electron chi connectivity index (χ0n) is 13.5. The highest BCUT2D eigenvalue weighted by molar-refractivity contribution is 6.28. The molecule has 6 heteroatoms. The summed E-state index contributed by atoms with van der Waals surface area (Å²) in [7, 11) is 0. The van der Waals surface area contributed by atoms with E-state index in [9.17, 15) is 14.4 Å². The van der Waals surface area contributed by atoms with E-state index in [1.54, 1.807) is 24.3 Å². The fraction of sp³-hybridized carbons (Fsp3) is 0.389. The molecule has 0 spiro atoms. The number of carbonyl (C=O) groups is 3. The summed E-state index contributed by atoms with van der Waals surface area (Å²) in [5.74, 6) is -1.02. The Morgan fingerprint density at radius 3 is 2.29 bits per heavy atom. The van der Waals surface area contributed by atoms with Crippen LogP contribution in [0.4, 0.5) is 5.69 Å². The van der Waals surface area contributed by atoms with Crippen molar-refractivity contribution in [3.8, 4) is 0 Å². The number of esters is 1. The van der Waals surface area contributed by atoms with Gasteiger partial charge in [0.25, 0.3) is 11.8 Å². The molecule has 1 fully saturated rings. The summed E-state index contributed by atoms with van der Waals surface area (Å²) in [4.78, 5) is 36.3. The Morgan fingerprint density at radius 1 is 1.17 bits per heavy atom. The minimum Gasteiger partial charge on any atom is -0.465 e. The van der Waals surface area contributed by atoms with Crippen molar-refractivity contribution in [2.45, 2.75) is 19.8 Å². The van der Waals surface area contributed by atoms with Crippen LogP contribution in [0.15, 0.2) is 36.4 Å². The quantitative estimate of drug-likeness (QED) is 0.586. The maximum atomic E-state index is 12.0. The van der Waals surface area contributed by atoms with E-state index >= 15 is 0 Å². The van der Waals surface area contributed by atoms with Crippen LogP contribution in [0, 0.1) is 5.41 Å². The summed E-state index contributed by atoms with van der Waals surface area (Å²) in [5, 5.41) is 0. The molecule has 126 valence electrons.